The fourth-order valence-corrected chi connectivity index (χ4v) is 1.43. The highest BCUT2D eigenvalue weighted by molar-refractivity contribution is 6.29. The van der Waals surface area contributed by atoms with Gasteiger partial charge in [0.1, 0.15) is 5.92 Å². The summed E-state index contributed by atoms with van der Waals surface area (Å²) in [6.45, 7) is 11.0. The van der Waals surface area contributed by atoms with Crippen LogP contribution < -0.4 is 5.32 Å². The van der Waals surface area contributed by atoms with E-state index in [2.05, 4.69) is 11.9 Å². The van der Waals surface area contributed by atoms with Crippen LogP contribution in [0.15, 0.2) is 11.6 Å². The van der Waals surface area contributed by atoms with Crippen molar-refractivity contribution in [1.29, 1.82) is 0 Å². The zero-order chi connectivity index (χ0) is 13.6. The lowest BCUT2D eigenvalue weighted by atomic mass is 9.80. The fourth-order valence-electron chi connectivity index (χ4n) is 1.36. The Kier molecular flexibility index (Phi) is 6.24. The lowest BCUT2D eigenvalue weighted by molar-refractivity contribution is -0.156. The van der Waals surface area contributed by atoms with Gasteiger partial charge in [-0.2, -0.15) is 0 Å². The number of carbonyl (C=O) groups is 2. The molecule has 0 radical (unpaired) electrons. The van der Waals surface area contributed by atoms with E-state index in [4.69, 9.17) is 16.3 Å². The predicted molar refractivity (Wildman–Crippen MR) is 67.6 cm³/mol. The maximum atomic E-state index is 11.9. The first-order valence-electron chi connectivity index (χ1n) is 5.47. The fraction of sp³-hybridized carbons (Fsp3) is 0.667. The second kappa shape index (κ2) is 6.64. The quantitative estimate of drug-likeness (QED) is 0.609. The lowest BCUT2D eigenvalue weighted by Gasteiger charge is -2.27. The number of rotatable bonds is 5. The average Bonchev–Trinajstić information content (AvgIpc) is 2.12. The predicted octanol–water partition coefficient (Wildman–Crippen LogP) is 2.08. The van der Waals surface area contributed by atoms with Crippen LogP contribution in [0.1, 0.15) is 27.7 Å². The van der Waals surface area contributed by atoms with Crippen LogP contribution in [0.3, 0.4) is 0 Å². The Hall–Kier alpha value is -1.03. The smallest absolute Gasteiger partial charge is 0.319 e. The van der Waals surface area contributed by atoms with E-state index < -0.39 is 23.2 Å². The monoisotopic (exact) mass is 261 g/mol. The molecule has 0 aliphatic carbocycles. The van der Waals surface area contributed by atoms with E-state index in [1.54, 1.807) is 6.92 Å². The van der Waals surface area contributed by atoms with Gasteiger partial charge in [0.2, 0.25) is 5.91 Å². The summed E-state index contributed by atoms with van der Waals surface area (Å²) >= 11 is 5.56. The summed E-state index contributed by atoms with van der Waals surface area (Å²) in [7, 11) is 0. The van der Waals surface area contributed by atoms with Gasteiger partial charge in [0.15, 0.2) is 0 Å². The molecule has 1 amide bonds. The van der Waals surface area contributed by atoms with Crippen LogP contribution in [0.2, 0.25) is 0 Å². The minimum absolute atomic E-state index is 0.145. The van der Waals surface area contributed by atoms with Crippen LogP contribution in [0, 0.1) is 11.3 Å². The van der Waals surface area contributed by atoms with Gasteiger partial charge in [0.25, 0.3) is 0 Å². The minimum atomic E-state index is -0.849. The second-order valence-electron chi connectivity index (χ2n) is 4.79. The van der Waals surface area contributed by atoms with Crippen molar-refractivity contribution >= 4 is 23.5 Å². The van der Waals surface area contributed by atoms with Crippen LogP contribution in [0.4, 0.5) is 0 Å². The van der Waals surface area contributed by atoms with Crippen molar-refractivity contribution in [3.63, 3.8) is 0 Å². The first-order chi connectivity index (χ1) is 7.70. The third-order valence-corrected chi connectivity index (χ3v) is 2.24. The largest absolute Gasteiger partial charge is 0.465 e. The van der Waals surface area contributed by atoms with Gasteiger partial charge >= 0.3 is 5.97 Å². The summed E-state index contributed by atoms with van der Waals surface area (Å²) in [6, 6.07) is 0. The number of hydrogen-bond acceptors (Lipinski definition) is 3. The molecule has 1 unspecified atom stereocenters. The zero-order valence-corrected chi connectivity index (χ0v) is 11.6. The molecule has 0 rings (SSSR count). The number of esters is 1. The Bertz CT molecular complexity index is 307. The molecule has 0 saturated carbocycles. The SMILES string of the molecule is C=C(Cl)CNC(=O)C(C(=O)OCC)C(C)(C)C. The van der Waals surface area contributed by atoms with Gasteiger partial charge in [-0.15, -0.1) is 0 Å². The van der Waals surface area contributed by atoms with Crippen molar-refractivity contribution in [2.24, 2.45) is 11.3 Å². The topological polar surface area (TPSA) is 55.4 Å². The molecule has 0 aromatic carbocycles. The molecule has 0 aromatic heterocycles. The molecular weight excluding hydrogens is 242 g/mol. The second-order valence-corrected chi connectivity index (χ2v) is 5.32. The van der Waals surface area contributed by atoms with E-state index in [0.29, 0.717) is 5.03 Å². The molecular formula is C12H20ClNO3. The Labute approximate surface area is 107 Å². The number of hydrogen-bond donors (Lipinski definition) is 1. The summed E-state index contributed by atoms with van der Waals surface area (Å²) in [5.41, 5.74) is -0.510. The first kappa shape index (κ1) is 16.0. The van der Waals surface area contributed by atoms with Crippen LogP contribution in [-0.4, -0.2) is 25.0 Å². The highest BCUT2D eigenvalue weighted by Gasteiger charge is 2.38. The first-order valence-corrected chi connectivity index (χ1v) is 5.85. The molecule has 5 heteroatoms. The van der Waals surface area contributed by atoms with Gasteiger partial charge in [-0.1, -0.05) is 39.0 Å². The molecule has 0 fully saturated rings. The molecule has 0 aliphatic heterocycles. The molecule has 0 aromatic rings. The van der Waals surface area contributed by atoms with Crippen molar-refractivity contribution in [2.45, 2.75) is 27.7 Å². The molecule has 0 saturated heterocycles. The Morgan fingerprint density at radius 1 is 1.41 bits per heavy atom. The van der Waals surface area contributed by atoms with Gasteiger partial charge in [0, 0.05) is 5.03 Å². The summed E-state index contributed by atoms with van der Waals surface area (Å²) < 4.78 is 4.90. The molecule has 1 atom stereocenters. The minimum Gasteiger partial charge on any atom is -0.465 e. The molecule has 17 heavy (non-hydrogen) atoms. The number of ether oxygens (including phenoxy) is 1. The number of amides is 1. The molecule has 0 bridgehead atoms. The van der Waals surface area contributed by atoms with Crippen LogP contribution >= 0.6 is 11.6 Å². The number of carbonyl (C=O) groups excluding carboxylic acids is 2. The average molecular weight is 262 g/mol. The van der Waals surface area contributed by atoms with E-state index in [9.17, 15) is 9.59 Å². The van der Waals surface area contributed by atoms with Gasteiger partial charge < -0.3 is 10.1 Å². The summed E-state index contributed by atoms with van der Waals surface area (Å²) in [5.74, 6) is -1.76. The maximum Gasteiger partial charge on any atom is 0.319 e. The third kappa shape index (κ3) is 5.73. The third-order valence-electron chi connectivity index (χ3n) is 2.10. The maximum absolute atomic E-state index is 11.9. The van der Waals surface area contributed by atoms with Gasteiger partial charge in [-0.3, -0.25) is 9.59 Å². The van der Waals surface area contributed by atoms with Crippen molar-refractivity contribution in [3.05, 3.63) is 11.6 Å². The highest BCUT2D eigenvalue weighted by Crippen LogP contribution is 2.27. The van der Waals surface area contributed by atoms with Crippen molar-refractivity contribution in [2.75, 3.05) is 13.2 Å². The standard InChI is InChI=1S/C12H20ClNO3/c1-6-17-11(16)9(12(3,4)5)10(15)14-7-8(2)13/h9H,2,6-7H2,1,3-5H3,(H,14,15). The highest BCUT2D eigenvalue weighted by atomic mass is 35.5. The Morgan fingerprint density at radius 3 is 2.29 bits per heavy atom. The zero-order valence-electron chi connectivity index (χ0n) is 10.8. The van der Waals surface area contributed by atoms with Crippen LogP contribution in [-0.2, 0) is 14.3 Å². The molecule has 0 spiro atoms. The normalized spacial score (nSPS) is 12.8. The van der Waals surface area contributed by atoms with Crippen LogP contribution in [0.25, 0.3) is 0 Å². The van der Waals surface area contributed by atoms with Crippen LogP contribution in [0.5, 0.6) is 0 Å². The van der Waals surface area contributed by atoms with E-state index >= 15 is 0 Å². The van der Waals surface area contributed by atoms with E-state index in [-0.39, 0.29) is 13.2 Å². The summed E-state index contributed by atoms with van der Waals surface area (Å²) in [6.07, 6.45) is 0. The Balaban J connectivity index is 4.75. The molecule has 0 heterocycles. The van der Waals surface area contributed by atoms with Gasteiger partial charge in [-0.05, 0) is 12.3 Å². The van der Waals surface area contributed by atoms with Crippen molar-refractivity contribution in [1.82, 2.24) is 5.32 Å². The molecule has 0 aliphatic rings. The van der Waals surface area contributed by atoms with Crippen molar-refractivity contribution < 1.29 is 14.3 Å². The molecule has 1 N–H and O–H groups in total. The van der Waals surface area contributed by atoms with Crippen molar-refractivity contribution in [3.8, 4) is 0 Å². The van der Waals surface area contributed by atoms with Gasteiger partial charge in [0.05, 0.1) is 13.2 Å². The van der Waals surface area contributed by atoms with E-state index in [1.807, 2.05) is 20.8 Å². The van der Waals surface area contributed by atoms with E-state index in [1.165, 1.54) is 0 Å². The van der Waals surface area contributed by atoms with E-state index in [0.717, 1.165) is 0 Å². The summed E-state index contributed by atoms with van der Waals surface area (Å²) in [5, 5.41) is 2.87. The molecule has 4 nitrogen and oxygen atoms in total. The number of nitrogens with one attached hydrogen (secondary N) is 1. The number of halogens is 1. The van der Waals surface area contributed by atoms with Gasteiger partial charge in [-0.25, -0.2) is 0 Å². The Morgan fingerprint density at radius 2 is 1.94 bits per heavy atom. The lowest BCUT2D eigenvalue weighted by Crippen LogP contribution is -2.43. The summed E-state index contributed by atoms with van der Waals surface area (Å²) in [4.78, 5) is 23.6. The molecule has 98 valence electrons.